The van der Waals surface area contributed by atoms with E-state index >= 15 is 0 Å². The third kappa shape index (κ3) is 21.7. The molecule has 0 N–H and O–H groups in total. The summed E-state index contributed by atoms with van der Waals surface area (Å²) in [6.45, 7) is 13.6. The first-order valence-electron chi connectivity index (χ1n) is 17.4. The second-order valence-electron chi connectivity index (χ2n) is 12.7. The van der Waals surface area contributed by atoms with Crippen LogP contribution in [0.5, 0.6) is 0 Å². The van der Waals surface area contributed by atoms with E-state index in [1.165, 1.54) is 142 Å². The Morgan fingerprint density at radius 2 is 0.795 bits per heavy atom. The Morgan fingerprint density at radius 1 is 0.487 bits per heavy atom. The zero-order chi connectivity index (χ0) is 28.4. The van der Waals surface area contributed by atoms with Gasteiger partial charge in [0, 0.05) is 39.3 Å². The van der Waals surface area contributed by atoms with Crippen molar-refractivity contribution in [2.45, 2.75) is 142 Å². The highest BCUT2D eigenvalue weighted by Crippen LogP contribution is 2.13. The molecule has 0 saturated carbocycles. The number of rotatable bonds is 24. The number of nitrogens with zero attached hydrogens (tertiary/aromatic N) is 4. The summed E-state index contributed by atoms with van der Waals surface area (Å²) in [5.41, 5.74) is 0. The van der Waals surface area contributed by atoms with Crippen LogP contribution >= 0.6 is 0 Å². The second-order valence-corrected chi connectivity index (χ2v) is 12.7. The Kier molecular flexibility index (Phi) is 24.5. The number of carbonyl (C=O) groups excluding carboxylic acids is 1. The predicted molar refractivity (Wildman–Crippen MR) is 172 cm³/mol. The van der Waals surface area contributed by atoms with Crippen LogP contribution in [0.15, 0.2) is 0 Å². The summed E-state index contributed by atoms with van der Waals surface area (Å²) in [6, 6.07) is 0. The number of hydrogen-bond donors (Lipinski definition) is 0. The number of carbonyl (C=O) groups is 1. The van der Waals surface area contributed by atoms with Gasteiger partial charge in [-0.2, -0.15) is 0 Å². The van der Waals surface area contributed by atoms with Gasteiger partial charge in [0.25, 0.3) is 0 Å². The van der Waals surface area contributed by atoms with Crippen LogP contribution in [0, 0.1) is 0 Å². The number of likely N-dealkylation sites (N-methyl/N-ethyl adjacent to an activating group) is 1. The van der Waals surface area contributed by atoms with Gasteiger partial charge in [0.2, 0.25) is 5.91 Å². The highest BCUT2D eigenvalue weighted by Gasteiger charge is 2.20. The molecule has 0 spiro atoms. The minimum atomic E-state index is 0.291. The van der Waals surface area contributed by atoms with Gasteiger partial charge in [-0.15, -0.1) is 0 Å². The van der Waals surface area contributed by atoms with E-state index in [2.05, 4.69) is 28.5 Å². The first-order chi connectivity index (χ1) is 19.1. The Morgan fingerprint density at radius 3 is 1.13 bits per heavy atom. The molecule has 0 aliphatic carbocycles. The largest absolute Gasteiger partial charge is 0.339 e. The lowest BCUT2D eigenvalue weighted by molar-refractivity contribution is -0.132. The molecule has 5 nitrogen and oxygen atoms in total. The van der Waals surface area contributed by atoms with Gasteiger partial charge in [-0.05, 0) is 40.0 Å². The molecule has 1 aliphatic rings. The van der Waals surface area contributed by atoms with Crippen molar-refractivity contribution in [3.8, 4) is 0 Å². The van der Waals surface area contributed by atoms with Crippen LogP contribution in [-0.2, 0) is 4.79 Å². The fourth-order valence-electron chi connectivity index (χ4n) is 5.86. The van der Waals surface area contributed by atoms with Gasteiger partial charge < -0.3 is 19.6 Å². The summed E-state index contributed by atoms with van der Waals surface area (Å²) in [7, 11) is 4.01. The van der Waals surface area contributed by atoms with E-state index in [1.807, 2.05) is 19.0 Å². The smallest absolute Gasteiger partial charge is 0.236 e. The molecule has 1 saturated heterocycles. The third-order valence-electron chi connectivity index (χ3n) is 8.56. The zero-order valence-corrected chi connectivity index (χ0v) is 27.2. The normalized spacial score (nSPS) is 16.0. The molecular formula is C34H70N4O. The molecule has 1 fully saturated rings. The molecule has 0 atom stereocenters. The lowest BCUT2D eigenvalue weighted by atomic mass is 10.1. The van der Waals surface area contributed by atoms with Crippen molar-refractivity contribution in [3.63, 3.8) is 0 Å². The van der Waals surface area contributed by atoms with Crippen molar-refractivity contribution in [1.29, 1.82) is 0 Å². The monoisotopic (exact) mass is 551 g/mol. The first-order valence-corrected chi connectivity index (χ1v) is 17.4. The molecule has 0 unspecified atom stereocenters. The molecule has 0 radical (unpaired) electrons. The minimum absolute atomic E-state index is 0.291. The van der Waals surface area contributed by atoms with Crippen molar-refractivity contribution in [3.05, 3.63) is 0 Å². The van der Waals surface area contributed by atoms with E-state index in [0.717, 1.165) is 39.3 Å². The van der Waals surface area contributed by atoms with Crippen molar-refractivity contribution in [1.82, 2.24) is 19.6 Å². The van der Waals surface area contributed by atoms with E-state index in [-0.39, 0.29) is 0 Å². The van der Waals surface area contributed by atoms with Crippen molar-refractivity contribution >= 4 is 5.91 Å². The molecule has 1 amide bonds. The summed E-state index contributed by atoms with van der Waals surface area (Å²) < 4.78 is 0. The third-order valence-corrected chi connectivity index (χ3v) is 8.56. The fraction of sp³-hybridized carbons (Fsp3) is 0.971. The molecule has 0 bridgehead atoms. The van der Waals surface area contributed by atoms with Crippen LogP contribution in [0.2, 0.25) is 0 Å². The summed E-state index contributed by atoms with van der Waals surface area (Å²) >= 11 is 0. The van der Waals surface area contributed by atoms with Crippen LogP contribution < -0.4 is 0 Å². The maximum atomic E-state index is 12.9. The van der Waals surface area contributed by atoms with E-state index in [1.54, 1.807) is 0 Å². The molecular weight excluding hydrogens is 480 g/mol. The summed E-state index contributed by atoms with van der Waals surface area (Å²) in [6.07, 6.45) is 27.8. The van der Waals surface area contributed by atoms with Gasteiger partial charge in [-0.1, -0.05) is 129 Å². The maximum Gasteiger partial charge on any atom is 0.236 e. The lowest BCUT2D eigenvalue weighted by Gasteiger charge is -2.27. The predicted octanol–water partition coefficient (Wildman–Crippen LogP) is 7.84. The molecule has 1 rings (SSSR count). The van der Waals surface area contributed by atoms with Crippen LogP contribution in [0.1, 0.15) is 142 Å². The topological polar surface area (TPSA) is 30.0 Å². The van der Waals surface area contributed by atoms with E-state index < -0.39 is 0 Å². The van der Waals surface area contributed by atoms with E-state index in [0.29, 0.717) is 12.5 Å². The molecule has 0 aromatic rings. The van der Waals surface area contributed by atoms with Crippen LogP contribution in [0.3, 0.4) is 0 Å². The van der Waals surface area contributed by atoms with Crippen molar-refractivity contribution in [2.24, 2.45) is 0 Å². The van der Waals surface area contributed by atoms with Crippen LogP contribution in [0.4, 0.5) is 0 Å². The average Bonchev–Trinajstić information content (AvgIpc) is 3.01. The Balaban J connectivity index is 2.36. The summed E-state index contributed by atoms with van der Waals surface area (Å²) in [5.74, 6) is 0.291. The fourth-order valence-corrected chi connectivity index (χ4v) is 5.86. The standard InChI is InChI=1S/C34H70N4O/c1-5-7-9-11-13-15-17-19-21-23-25-36-27-28-37(26-24-22-20-18-16-14-12-10-8-6-2)30-32-38(31-29-36)34(39)33-35(3)4/h5-33H2,1-4H3. The average molecular weight is 551 g/mol. The molecule has 5 heteroatoms. The Hall–Kier alpha value is -0.650. The zero-order valence-electron chi connectivity index (χ0n) is 27.2. The lowest BCUT2D eigenvalue weighted by Crippen LogP contribution is -2.44. The molecule has 39 heavy (non-hydrogen) atoms. The highest BCUT2D eigenvalue weighted by molar-refractivity contribution is 5.78. The molecule has 1 aliphatic heterocycles. The quantitative estimate of drug-likeness (QED) is 0.115. The van der Waals surface area contributed by atoms with Gasteiger partial charge in [-0.25, -0.2) is 0 Å². The Bertz CT molecular complexity index is 505. The first kappa shape index (κ1) is 36.4. The number of amides is 1. The molecule has 232 valence electrons. The van der Waals surface area contributed by atoms with Crippen LogP contribution in [-0.4, -0.2) is 98.5 Å². The van der Waals surface area contributed by atoms with Gasteiger partial charge in [0.1, 0.15) is 0 Å². The van der Waals surface area contributed by atoms with Crippen LogP contribution in [0.25, 0.3) is 0 Å². The SMILES string of the molecule is CCCCCCCCCCCCN1CCN(CCCCCCCCCCCC)CCN(C(=O)CN(C)C)CC1. The Labute approximate surface area is 245 Å². The number of unbranched alkanes of at least 4 members (excludes halogenated alkanes) is 18. The summed E-state index contributed by atoms with van der Waals surface area (Å²) in [5, 5.41) is 0. The van der Waals surface area contributed by atoms with Gasteiger partial charge >= 0.3 is 0 Å². The summed E-state index contributed by atoms with van der Waals surface area (Å²) in [4.78, 5) is 22.4. The molecule has 0 aromatic heterocycles. The number of hydrogen-bond acceptors (Lipinski definition) is 4. The van der Waals surface area contributed by atoms with E-state index in [4.69, 9.17) is 0 Å². The maximum absolute atomic E-state index is 12.9. The van der Waals surface area contributed by atoms with Gasteiger partial charge in [0.05, 0.1) is 6.54 Å². The van der Waals surface area contributed by atoms with E-state index in [9.17, 15) is 4.79 Å². The second kappa shape index (κ2) is 26.3. The van der Waals surface area contributed by atoms with Gasteiger partial charge in [0.15, 0.2) is 0 Å². The molecule has 0 aromatic carbocycles. The molecule has 1 heterocycles. The van der Waals surface area contributed by atoms with Crippen molar-refractivity contribution < 1.29 is 4.79 Å². The minimum Gasteiger partial charge on any atom is -0.339 e. The van der Waals surface area contributed by atoms with Crippen molar-refractivity contribution in [2.75, 3.05) is 73.0 Å². The highest BCUT2D eigenvalue weighted by atomic mass is 16.2. The van der Waals surface area contributed by atoms with Gasteiger partial charge in [-0.3, -0.25) is 4.79 Å².